The van der Waals surface area contributed by atoms with Gasteiger partial charge in [-0.15, -0.1) is 5.10 Å². The fourth-order valence-electron chi connectivity index (χ4n) is 3.01. The van der Waals surface area contributed by atoms with Gasteiger partial charge in [-0.2, -0.15) is 5.10 Å². The lowest BCUT2D eigenvalue weighted by Crippen LogP contribution is -2.14. The van der Waals surface area contributed by atoms with Crippen LogP contribution in [0.5, 0.6) is 0 Å². The Morgan fingerprint density at radius 2 is 1.61 bits per heavy atom. The fourth-order valence-corrected chi connectivity index (χ4v) is 3.01. The highest BCUT2D eigenvalue weighted by Crippen LogP contribution is 2.36. The topological polar surface area (TPSA) is 64.2 Å². The summed E-state index contributed by atoms with van der Waals surface area (Å²) in [7, 11) is 0. The van der Waals surface area contributed by atoms with Crippen LogP contribution in [0.15, 0.2) is 59.6 Å². The standard InChI is InChI=1S/C19H16N4/c1-12-7-5-6-10-14(12)18-16(13-8-3-2-4-9-13)17-15(22-23-18)11-21-19(17)20/h2-10H,11H2,1H3,(H2,20,21). The molecule has 2 aromatic carbocycles. The molecule has 0 aliphatic carbocycles. The van der Waals surface area contributed by atoms with Crippen molar-refractivity contribution in [1.29, 1.82) is 0 Å². The van der Waals surface area contributed by atoms with E-state index in [1.54, 1.807) is 0 Å². The molecule has 0 saturated heterocycles. The summed E-state index contributed by atoms with van der Waals surface area (Å²) in [5.41, 5.74) is 13.1. The van der Waals surface area contributed by atoms with Crippen LogP contribution in [0.4, 0.5) is 0 Å². The van der Waals surface area contributed by atoms with Gasteiger partial charge in [-0.3, -0.25) is 4.99 Å². The van der Waals surface area contributed by atoms with Crippen LogP contribution in [-0.4, -0.2) is 16.0 Å². The van der Waals surface area contributed by atoms with Gasteiger partial charge in [0, 0.05) is 11.1 Å². The van der Waals surface area contributed by atoms with Crippen molar-refractivity contribution in [2.45, 2.75) is 13.5 Å². The van der Waals surface area contributed by atoms with Crippen molar-refractivity contribution in [1.82, 2.24) is 10.2 Å². The van der Waals surface area contributed by atoms with Crippen LogP contribution in [0.1, 0.15) is 16.8 Å². The number of aliphatic imine (C=N–C) groups is 1. The summed E-state index contributed by atoms with van der Waals surface area (Å²) in [6.07, 6.45) is 0. The van der Waals surface area contributed by atoms with Crippen molar-refractivity contribution < 1.29 is 0 Å². The largest absolute Gasteiger partial charge is 0.383 e. The van der Waals surface area contributed by atoms with Gasteiger partial charge in [0.2, 0.25) is 0 Å². The first-order chi connectivity index (χ1) is 11.3. The average Bonchev–Trinajstić information content (AvgIpc) is 2.97. The maximum atomic E-state index is 6.15. The lowest BCUT2D eigenvalue weighted by Gasteiger charge is -2.14. The molecule has 1 aliphatic rings. The molecule has 112 valence electrons. The van der Waals surface area contributed by atoms with Crippen molar-refractivity contribution >= 4 is 5.84 Å². The summed E-state index contributed by atoms with van der Waals surface area (Å²) in [6, 6.07) is 18.4. The van der Waals surface area contributed by atoms with Crippen molar-refractivity contribution in [2.75, 3.05) is 0 Å². The number of benzene rings is 2. The molecule has 0 amide bonds. The zero-order chi connectivity index (χ0) is 15.8. The highest BCUT2D eigenvalue weighted by molar-refractivity contribution is 6.08. The Bertz CT molecular complexity index is 914. The Morgan fingerprint density at radius 1 is 0.870 bits per heavy atom. The Kier molecular flexibility index (Phi) is 3.15. The van der Waals surface area contributed by atoms with Gasteiger partial charge in [0.25, 0.3) is 0 Å². The number of hydrogen-bond donors (Lipinski definition) is 1. The third kappa shape index (κ3) is 2.19. The molecule has 0 radical (unpaired) electrons. The molecule has 23 heavy (non-hydrogen) atoms. The monoisotopic (exact) mass is 300 g/mol. The summed E-state index contributed by atoms with van der Waals surface area (Å²) in [4.78, 5) is 4.34. The number of nitrogens with two attached hydrogens (primary N) is 1. The van der Waals surface area contributed by atoms with E-state index in [0.717, 1.165) is 39.2 Å². The van der Waals surface area contributed by atoms with Crippen LogP contribution >= 0.6 is 0 Å². The molecule has 4 nitrogen and oxygen atoms in total. The second-order valence-corrected chi connectivity index (χ2v) is 5.63. The number of aryl methyl sites for hydroxylation is 1. The molecule has 2 heterocycles. The minimum absolute atomic E-state index is 0.502. The van der Waals surface area contributed by atoms with Gasteiger partial charge < -0.3 is 5.73 Å². The van der Waals surface area contributed by atoms with Crippen LogP contribution in [0, 0.1) is 6.92 Å². The summed E-state index contributed by atoms with van der Waals surface area (Å²) in [5, 5.41) is 8.88. The number of amidine groups is 1. The lowest BCUT2D eigenvalue weighted by atomic mass is 9.92. The minimum Gasteiger partial charge on any atom is -0.383 e. The maximum absolute atomic E-state index is 6.15. The molecule has 1 aromatic heterocycles. The van der Waals surface area contributed by atoms with E-state index in [0.29, 0.717) is 12.4 Å². The van der Waals surface area contributed by atoms with Gasteiger partial charge >= 0.3 is 0 Å². The first-order valence-electron chi connectivity index (χ1n) is 7.57. The van der Waals surface area contributed by atoms with E-state index in [2.05, 4.69) is 46.4 Å². The Hall–Kier alpha value is -3.01. The van der Waals surface area contributed by atoms with E-state index in [1.807, 2.05) is 30.3 Å². The molecule has 0 atom stereocenters. The summed E-state index contributed by atoms with van der Waals surface area (Å²) in [6.45, 7) is 2.58. The van der Waals surface area contributed by atoms with Crippen LogP contribution in [-0.2, 0) is 6.54 Å². The fraction of sp³-hybridized carbons (Fsp3) is 0.105. The van der Waals surface area contributed by atoms with E-state index in [4.69, 9.17) is 5.73 Å². The zero-order valence-corrected chi connectivity index (χ0v) is 12.8. The van der Waals surface area contributed by atoms with Crippen LogP contribution < -0.4 is 5.73 Å². The quantitative estimate of drug-likeness (QED) is 0.789. The Labute approximate surface area is 134 Å². The number of aromatic nitrogens is 2. The Morgan fingerprint density at radius 3 is 2.39 bits per heavy atom. The SMILES string of the molecule is Cc1ccccc1-c1nnc2c(c1-c1ccccc1)C(N)=NC2. The number of hydrogen-bond acceptors (Lipinski definition) is 4. The van der Waals surface area contributed by atoms with E-state index in [9.17, 15) is 0 Å². The highest BCUT2D eigenvalue weighted by Gasteiger charge is 2.25. The average molecular weight is 300 g/mol. The number of fused-ring (bicyclic) bond motifs is 1. The second-order valence-electron chi connectivity index (χ2n) is 5.63. The van der Waals surface area contributed by atoms with Crippen molar-refractivity contribution in [2.24, 2.45) is 10.7 Å². The second kappa shape index (κ2) is 5.32. The predicted molar refractivity (Wildman–Crippen MR) is 92.1 cm³/mol. The molecule has 0 unspecified atom stereocenters. The smallest absolute Gasteiger partial charge is 0.128 e. The van der Waals surface area contributed by atoms with E-state index >= 15 is 0 Å². The molecule has 3 aromatic rings. The van der Waals surface area contributed by atoms with Gasteiger partial charge in [0.05, 0.1) is 17.8 Å². The summed E-state index contributed by atoms with van der Waals surface area (Å²) < 4.78 is 0. The first-order valence-corrected chi connectivity index (χ1v) is 7.57. The van der Waals surface area contributed by atoms with Gasteiger partial charge in [-0.05, 0) is 18.1 Å². The molecule has 1 aliphatic heterocycles. The lowest BCUT2D eigenvalue weighted by molar-refractivity contribution is 0.922. The number of rotatable bonds is 2. The third-order valence-corrected chi connectivity index (χ3v) is 4.16. The van der Waals surface area contributed by atoms with Crippen molar-refractivity contribution in [3.8, 4) is 22.4 Å². The normalized spacial score (nSPS) is 12.8. The molecule has 0 fully saturated rings. The van der Waals surface area contributed by atoms with Gasteiger partial charge in [-0.1, -0.05) is 54.6 Å². The molecular weight excluding hydrogens is 284 g/mol. The molecule has 4 rings (SSSR count). The molecule has 0 bridgehead atoms. The Balaban J connectivity index is 2.07. The number of nitrogens with zero attached hydrogens (tertiary/aromatic N) is 3. The molecule has 0 saturated carbocycles. The summed E-state index contributed by atoms with van der Waals surface area (Å²) in [5.74, 6) is 0.545. The molecule has 4 heteroatoms. The third-order valence-electron chi connectivity index (χ3n) is 4.16. The predicted octanol–water partition coefficient (Wildman–Crippen LogP) is 3.34. The van der Waals surface area contributed by atoms with Crippen LogP contribution in [0.25, 0.3) is 22.4 Å². The van der Waals surface area contributed by atoms with Gasteiger partial charge in [-0.25, -0.2) is 0 Å². The van der Waals surface area contributed by atoms with Crippen LogP contribution in [0.2, 0.25) is 0 Å². The van der Waals surface area contributed by atoms with E-state index in [1.165, 1.54) is 0 Å². The molecule has 0 spiro atoms. The maximum Gasteiger partial charge on any atom is 0.128 e. The first kappa shape index (κ1) is 13.6. The van der Waals surface area contributed by atoms with Crippen molar-refractivity contribution in [3.05, 3.63) is 71.4 Å². The minimum atomic E-state index is 0.502. The zero-order valence-electron chi connectivity index (χ0n) is 12.8. The van der Waals surface area contributed by atoms with E-state index < -0.39 is 0 Å². The summed E-state index contributed by atoms with van der Waals surface area (Å²) >= 11 is 0. The van der Waals surface area contributed by atoms with Gasteiger partial charge in [0.1, 0.15) is 11.5 Å². The highest BCUT2D eigenvalue weighted by atomic mass is 15.1. The van der Waals surface area contributed by atoms with Gasteiger partial charge in [0.15, 0.2) is 0 Å². The van der Waals surface area contributed by atoms with Crippen molar-refractivity contribution in [3.63, 3.8) is 0 Å². The molecular formula is C19H16N4. The molecule has 2 N–H and O–H groups in total. The van der Waals surface area contributed by atoms with E-state index in [-0.39, 0.29) is 0 Å². The van der Waals surface area contributed by atoms with Crippen LogP contribution in [0.3, 0.4) is 0 Å².